The predicted octanol–water partition coefficient (Wildman–Crippen LogP) is 0.488. The second-order valence-corrected chi connectivity index (χ2v) is 4.02. The van der Waals surface area contributed by atoms with Crippen LogP contribution in [-0.2, 0) is 6.42 Å². The Morgan fingerprint density at radius 1 is 1.56 bits per heavy atom. The summed E-state index contributed by atoms with van der Waals surface area (Å²) >= 11 is 0. The van der Waals surface area contributed by atoms with Crippen LogP contribution in [0.3, 0.4) is 0 Å². The molecule has 1 aliphatic rings. The Kier molecular flexibility index (Phi) is 3.66. The Morgan fingerprint density at radius 3 is 3.17 bits per heavy atom. The van der Waals surface area contributed by atoms with Gasteiger partial charge in [0.15, 0.2) is 0 Å². The fourth-order valence-electron chi connectivity index (χ4n) is 1.78. The van der Waals surface area contributed by atoms with Gasteiger partial charge in [-0.1, -0.05) is 5.16 Å². The van der Waals surface area contributed by atoms with Crippen LogP contribution in [0.5, 0.6) is 5.75 Å². The average molecular weight is 249 g/mol. The zero-order valence-corrected chi connectivity index (χ0v) is 9.85. The van der Waals surface area contributed by atoms with E-state index in [2.05, 4.69) is 10.5 Å². The van der Waals surface area contributed by atoms with E-state index < -0.39 is 0 Å². The van der Waals surface area contributed by atoms with Gasteiger partial charge >= 0.3 is 0 Å². The number of nitrogens with zero attached hydrogens (tertiary/aromatic N) is 1. The highest BCUT2D eigenvalue weighted by Gasteiger charge is 2.14. The molecule has 1 aliphatic heterocycles. The van der Waals surface area contributed by atoms with E-state index in [1.807, 2.05) is 6.07 Å². The highest BCUT2D eigenvalue weighted by molar-refractivity contribution is 5.95. The largest absolute Gasteiger partial charge is 0.493 e. The molecule has 0 aliphatic carbocycles. The lowest BCUT2D eigenvalue weighted by Gasteiger charge is -2.06. The van der Waals surface area contributed by atoms with E-state index in [1.165, 1.54) is 0 Å². The van der Waals surface area contributed by atoms with Gasteiger partial charge < -0.3 is 21.0 Å². The summed E-state index contributed by atoms with van der Waals surface area (Å²) in [5.41, 5.74) is 6.95. The number of rotatable bonds is 4. The maximum Gasteiger partial charge on any atom is 0.251 e. The van der Waals surface area contributed by atoms with Gasteiger partial charge in [-0.05, 0) is 23.8 Å². The summed E-state index contributed by atoms with van der Waals surface area (Å²) in [6, 6.07) is 5.37. The van der Waals surface area contributed by atoms with Gasteiger partial charge in [0.25, 0.3) is 5.91 Å². The number of hydrogen-bond acceptors (Lipinski definition) is 4. The van der Waals surface area contributed by atoms with Crippen LogP contribution in [0.1, 0.15) is 22.3 Å². The number of carbonyl (C=O) groups excluding carboxylic acids is 1. The molecule has 2 rings (SSSR count). The molecule has 96 valence electrons. The quantitative estimate of drug-likeness (QED) is 0.313. The van der Waals surface area contributed by atoms with Gasteiger partial charge in [0.05, 0.1) is 6.61 Å². The third-order valence-corrected chi connectivity index (χ3v) is 2.75. The van der Waals surface area contributed by atoms with Crippen molar-refractivity contribution in [2.45, 2.75) is 12.8 Å². The first kappa shape index (κ1) is 12.2. The van der Waals surface area contributed by atoms with Crippen LogP contribution < -0.4 is 15.8 Å². The number of amides is 1. The number of fused-ring (bicyclic) bond motifs is 1. The van der Waals surface area contributed by atoms with Gasteiger partial charge in [-0.15, -0.1) is 0 Å². The molecule has 1 heterocycles. The Balaban J connectivity index is 1.93. The fourth-order valence-corrected chi connectivity index (χ4v) is 1.78. The van der Waals surface area contributed by atoms with Crippen molar-refractivity contribution in [2.75, 3.05) is 13.2 Å². The summed E-state index contributed by atoms with van der Waals surface area (Å²) in [7, 11) is 0. The number of benzene rings is 1. The van der Waals surface area contributed by atoms with Crippen molar-refractivity contribution < 1.29 is 14.7 Å². The molecular weight excluding hydrogens is 234 g/mol. The minimum atomic E-state index is -0.171. The standard InChI is InChI=1S/C12H15N3O3/c13-11(15-17)3-5-14-12(16)9-1-2-10-8(7-9)4-6-18-10/h1-2,7,17H,3-6H2,(H2,13,15)(H,14,16). The Morgan fingerprint density at radius 2 is 2.39 bits per heavy atom. The Labute approximate surface area is 104 Å². The summed E-state index contributed by atoms with van der Waals surface area (Å²) in [6.07, 6.45) is 1.15. The number of hydrogen-bond donors (Lipinski definition) is 3. The molecule has 6 nitrogen and oxygen atoms in total. The zero-order chi connectivity index (χ0) is 13.0. The van der Waals surface area contributed by atoms with E-state index in [0.717, 1.165) is 17.7 Å². The summed E-state index contributed by atoms with van der Waals surface area (Å²) in [4.78, 5) is 11.8. The predicted molar refractivity (Wildman–Crippen MR) is 66.0 cm³/mol. The van der Waals surface area contributed by atoms with Crippen LogP contribution in [0.4, 0.5) is 0 Å². The van der Waals surface area contributed by atoms with Crippen molar-refractivity contribution in [1.82, 2.24) is 5.32 Å². The number of nitrogens with two attached hydrogens (primary N) is 1. The molecule has 1 amide bonds. The number of carbonyl (C=O) groups is 1. The lowest BCUT2D eigenvalue weighted by molar-refractivity contribution is 0.0954. The molecule has 0 unspecified atom stereocenters. The molecule has 18 heavy (non-hydrogen) atoms. The van der Waals surface area contributed by atoms with Gasteiger partial charge in [-0.2, -0.15) is 0 Å². The van der Waals surface area contributed by atoms with Gasteiger partial charge in [-0.25, -0.2) is 0 Å². The lowest BCUT2D eigenvalue weighted by atomic mass is 10.1. The number of nitrogens with one attached hydrogen (secondary N) is 1. The third-order valence-electron chi connectivity index (χ3n) is 2.75. The van der Waals surface area contributed by atoms with E-state index >= 15 is 0 Å². The van der Waals surface area contributed by atoms with Crippen molar-refractivity contribution in [3.8, 4) is 5.75 Å². The lowest BCUT2D eigenvalue weighted by Crippen LogP contribution is -2.28. The molecule has 0 saturated carbocycles. The van der Waals surface area contributed by atoms with Gasteiger partial charge in [0.1, 0.15) is 11.6 Å². The Bertz CT molecular complexity index is 485. The molecule has 1 aromatic rings. The maximum atomic E-state index is 11.8. The number of ether oxygens (including phenoxy) is 1. The average Bonchev–Trinajstić information content (AvgIpc) is 2.85. The first-order chi connectivity index (χ1) is 8.70. The number of amidine groups is 1. The second-order valence-electron chi connectivity index (χ2n) is 4.02. The van der Waals surface area contributed by atoms with E-state index in [9.17, 15) is 4.79 Å². The van der Waals surface area contributed by atoms with Gasteiger partial charge in [0.2, 0.25) is 0 Å². The molecule has 0 saturated heterocycles. The van der Waals surface area contributed by atoms with Crippen LogP contribution in [0.2, 0.25) is 0 Å². The third kappa shape index (κ3) is 2.71. The van der Waals surface area contributed by atoms with Crippen molar-refractivity contribution in [3.63, 3.8) is 0 Å². The van der Waals surface area contributed by atoms with Crippen LogP contribution in [-0.4, -0.2) is 30.1 Å². The molecule has 0 spiro atoms. The molecule has 0 fully saturated rings. The maximum absolute atomic E-state index is 11.8. The summed E-state index contributed by atoms with van der Waals surface area (Å²) in [5.74, 6) is 0.774. The van der Waals surface area contributed by atoms with Gasteiger partial charge in [0, 0.05) is 24.9 Å². The molecule has 0 radical (unpaired) electrons. The van der Waals surface area contributed by atoms with E-state index in [0.29, 0.717) is 25.1 Å². The normalized spacial score (nSPS) is 13.9. The van der Waals surface area contributed by atoms with Crippen molar-refractivity contribution in [2.24, 2.45) is 10.9 Å². The smallest absolute Gasteiger partial charge is 0.251 e. The van der Waals surface area contributed by atoms with Crippen molar-refractivity contribution in [1.29, 1.82) is 0 Å². The van der Waals surface area contributed by atoms with Crippen LogP contribution in [0, 0.1) is 0 Å². The molecule has 0 aromatic heterocycles. The van der Waals surface area contributed by atoms with Crippen LogP contribution in [0.25, 0.3) is 0 Å². The fraction of sp³-hybridized carbons (Fsp3) is 0.333. The number of oxime groups is 1. The highest BCUT2D eigenvalue weighted by atomic mass is 16.5. The molecule has 0 bridgehead atoms. The highest BCUT2D eigenvalue weighted by Crippen LogP contribution is 2.25. The SMILES string of the molecule is NC(CCNC(=O)c1ccc2c(c1)CCO2)=NO. The summed E-state index contributed by atoms with van der Waals surface area (Å²) in [5, 5.41) is 13.9. The van der Waals surface area contributed by atoms with E-state index in [4.69, 9.17) is 15.7 Å². The minimum absolute atomic E-state index is 0.0950. The molecule has 1 aromatic carbocycles. The molecule has 6 heteroatoms. The van der Waals surface area contributed by atoms with E-state index in [1.54, 1.807) is 12.1 Å². The molecule has 0 atom stereocenters. The first-order valence-electron chi connectivity index (χ1n) is 5.71. The summed E-state index contributed by atoms with van der Waals surface area (Å²) in [6.45, 7) is 1.01. The topological polar surface area (TPSA) is 96.9 Å². The van der Waals surface area contributed by atoms with Crippen LogP contribution >= 0.6 is 0 Å². The van der Waals surface area contributed by atoms with Gasteiger partial charge in [-0.3, -0.25) is 4.79 Å². The summed E-state index contributed by atoms with van der Waals surface area (Å²) < 4.78 is 5.37. The minimum Gasteiger partial charge on any atom is -0.493 e. The second kappa shape index (κ2) is 5.39. The zero-order valence-electron chi connectivity index (χ0n) is 9.85. The van der Waals surface area contributed by atoms with Crippen LogP contribution in [0.15, 0.2) is 23.4 Å². The monoisotopic (exact) mass is 249 g/mol. The molecule has 4 N–H and O–H groups in total. The van der Waals surface area contributed by atoms with E-state index in [-0.39, 0.29) is 11.7 Å². The van der Waals surface area contributed by atoms with Crippen molar-refractivity contribution >= 4 is 11.7 Å². The Hall–Kier alpha value is -2.24. The molecular formula is C12H15N3O3. The first-order valence-corrected chi connectivity index (χ1v) is 5.71. The van der Waals surface area contributed by atoms with Crippen molar-refractivity contribution in [3.05, 3.63) is 29.3 Å².